The summed E-state index contributed by atoms with van der Waals surface area (Å²) in [5.41, 5.74) is 0.446. The Morgan fingerprint density at radius 3 is 2.32 bits per heavy atom. The molecule has 120 valence electrons. The van der Waals surface area contributed by atoms with Crippen molar-refractivity contribution < 1.29 is 14.0 Å². The van der Waals surface area contributed by atoms with Crippen LogP contribution in [-0.2, 0) is 0 Å². The molecule has 0 unspecified atom stereocenters. The van der Waals surface area contributed by atoms with E-state index in [2.05, 4.69) is 10.6 Å². The number of urea groups is 1. The Bertz CT molecular complexity index is 523. The molecular formula is C16H22FN3O2. The minimum absolute atomic E-state index is 0.0423. The molecule has 1 aliphatic heterocycles. The van der Waals surface area contributed by atoms with Gasteiger partial charge in [-0.15, -0.1) is 0 Å². The molecule has 1 aliphatic rings. The number of nitrogens with one attached hydrogen (secondary N) is 2. The summed E-state index contributed by atoms with van der Waals surface area (Å²) in [4.78, 5) is 25.7. The van der Waals surface area contributed by atoms with Crippen LogP contribution in [0, 0.1) is 5.82 Å². The van der Waals surface area contributed by atoms with Crippen molar-refractivity contribution in [1.82, 2.24) is 15.5 Å². The lowest BCUT2D eigenvalue weighted by molar-refractivity contribution is 0.0917. The van der Waals surface area contributed by atoms with Gasteiger partial charge < -0.3 is 15.5 Å². The zero-order valence-electron chi connectivity index (χ0n) is 12.9. The number of hydrogen-bond donors (Lipinski definition) is 2. The maximum absolute atomic E-state index is 12.8. The number of nitrogens with zero attached hydrogens (tertiary/aromatic N) is 1. The number of halogens is 1. The normalized spacial score (nSPS) is 15.7. The molecule has 1 saturated heterocycles. The van der Waals surface area contributed by atoms with Gasteiger partial charge in [0.25, 0.3) is 5.91 Å². The first-order valence-electron chi connectivity index (χ1n) is 7.57. The van der Waals surface area contributed by atoms with E-state index in [0.29, 0.717) is 18.7 Å². The number of likely N-dealkylation sites (tertiary alicyclic amines) is 1. The average Bonchev–Trinajstić information content (AvgIpc) is 2.48. The lowest BCUT2D eigenvalue weighted by atomic mass is 10.0. The van der Waals surface area contributed by atoms with E-state index in [0.717, 1.165) is 12.8 Å². The van der Waals surface area contributed by atoms with E-state index in [9.17, 15) is 14.0 Å². The Morgan fingerprint density at radius 2 is 1.77 bits per heavy atom. The van der Waals surface area contributed by atoms with Gasteiger partial charge in [0.05, 0.1) is 0 Å². The summed E-state index contributed by atoms with van der Waals surface area (Å²) in [6.45, 7) is 5.08. The van der Waals surface area contributed by atoms with Gasteiger partial charge in [-0.05, 0) is 51.0 Å². The van der Waals surface area contributed by atoms with Crippen molar-refractivity contribution >= 4 is 11.9 Å². The van der Waals surface area contributed by atoms with Gasteiger partial charge in [-0.2, -0.15) is 0 Å². The summed E-state index contributed by atoms with van der Waals surface area (Å²) >= 11 is 0. The van der Waals surface area contributed by atoms with Crippen LogP contribution in [0.25, 0.3) is 0 Å². The average molecular weight is 307 g/mol. The van der Waals surface area contributed by atoms with Gasteiger partial charge in [0.1, 0.15) is 5.82 Å². The SMILES string of the molecule is CC(C)NC(=O)N1CCC(NC(=O)c2ccc(F)cc2)CC1. The highest BCUT2D eigenvalue weighted by Gasteiger charge is 2.24. The molecule has 6 heteroatoms. The Hall–Kier alpha value is -2.11. The summed E-state index contributed by atoms with van der Waals surface area (Å²) in [5, 5.41) is 5.80. The fourth-order valence-electron chi connectivity index (χ4n) is 2.44. The first-order chi connectivity index (χ1) is 10.5. The van der Waals surface area contributed by atoms with Crippen LogP contribution in [0.5, 0.6) is 0 Å². The van der Waals surface area contributed by atoms with Gasteiger partial charge in [-0.1, -0.05) is 0 Å². The highest BCUT2D eigenvalue weighted by atomic mass is 19.1. The van der Waals surface area contributed by atoms with Crippen molar-refractivity contribution in [3.63, 3.8) is 0 Å². The van der Waals surface area contributed by atoms with Crippen LogP contribution in [0.2, 0.25) is 0 Å². The second-order valence-corrected chi connectivity index (χ2v) is 5.85. The summed E-state index contributed by atoms with van der Waals surface area (Å²) in [6.07, 6.45) is 1.44. The molecule has 22 heavy (non-hydrogen) atoms. The quantitative estimate of drug-likeness (QED) is 0.899. The van der Waals surface area contributed by atoms with E-state index in [-0.39, 0.29) is 29.8 Å². The molecule has 0 radical (unpaired) electrons. The third-order valence-electron chi connectivity index (χ3n) is 3.64. The van der Waals surface area contributed by atoms with E-state index in [1.54, 1.807) is 4.90 Å². The molecule has 0 aliphatic carbocycles. The van der Waals surface area contributed by atoms with E-state index >= 15 is 0 Å². The number of hydrogen-bond acceptors (Lipinski definition) is 2. The number of amides is 3. The number of rotatable bonds is 3. The molecule has 0 spiro atoms. The number of carbonyl (C=O) groups excluding carboxylic acids is 2. The van der Waals surface area contributed by atoms with Crippen LogP contribution in [-0.4, -0.2) is 42.0 Å². The van der Waals surface area contributed by atoms with Gasteiger partial charge in [0.2, 0.25) is 0 Å². The van der Waals surface area contributed by atoms with E-state index in [4.69, 9.17) is 0 Å². The van der Waals surface area contributed by atoms with Gasteiger partial charge in [0, 0.05) is 30.7 Å². The summed E-state index contributed by atoms with van der Waals surface area (Å²) in [5.74, 6) is -0.564. The van der Waals surface area contributed by atoms with Crippen LogP contribution < -0.4 is 10.6 Å². The highest BCUT2D eigenvalue weighted by molar-refractivity contribution is 5.94. The minimum atomic E-state index is -0.360. The van der Waals surface area contributed by atoms with Crippen molar-refractivity contribution in [2.75, 3.05) is 13.1 Å². The first kappa shape index (κ1) is 16.3. The molecule has 0 bridgehead atoms. The summed E-state index contributed by atoms with van der Waals surface area (Å²) in [7, 11) is 0. The lowest BCUT2D eigenvalue weighted by Gasteiger charge is -2.32. The monoisotopic (exact) mass is 307 g/mol. The van der Waals surface area contributed by atoms with Crippen LogP contribution in [0.4, 0.5) is 9.18 Å². The molecule has 1 fully saturated rings. The molecule has 2 rings (SSSR count). The molecular weight excluding hydrogens is 285 g/mol. The number of benzene rings is 1. The Kier molecular flexibility index (Phi) is 5.35. The summed E-state index contributed by atoms with van der Waals surface area (Å²) < 4.78 is 12.8. The molecule has 1 heterocycles. The third-order valence-corrected chi connectivity index (χ3v) is 3.64. The topological polar surface area (TPSA) is 61.4 Å². The minimum Gasteiger partial charge on any atom is -0.349 e. The maximum Gasteiger partial charge on any atom is 0.317 e. The Labute approximate surface area is 129 Å². The summed E-state index contributed by atoms with van der Waals surface area (Å²) in [6, 6.07) is 5.58. The van der Waals surface area contributed by atoms with Crippen LogP contribution in [0.1, 0.15) is 37.0 Å². The predicted octanol–water partition coefficient (Wildman–Crippen LogP) is 2.14. The smallest absolute Gasteiger partial charge is 0.317 e. The number of carbonyl (C=O) groups is 2. The zero-order valence-corrected chi connectivity index (χ0v) is 12.9. The zero-order chi connectivity index (χ0) is 16.1. The standard InChI is InChI=1S/C16H22FN3O2/c1-11(2)18-16(22)20-9-7-14(8-10-20)19-15(21)12-3-5-13(17)6-4-12/h3-6,11,14H,7-10H2,1-2H3,(H,18,22)(H,19,21). The first-order valence-corrected chi connectivity index (χ1v) is 7.57. The number of piperidine rings is 1. The molecule has 5 nitrogen and oxygen atoms in total. The van der Waals surface area contributed by atoms with Crippen LogP contribution in [0.15, 0.2) is 24.3 Å². The van der Waals surface area contributed by atoms with Gasteiger partial charge in [-0.25, -0.2) is 9.18 Å². The van der Waals surface area contributed by atoms with Crippen molar-refractivity contribution in [1.29, 1.82) is 0 Å². The van der Waals surface area contributed by atoms with Crippen LogP contribution >= 0.6 is 0 Å². The largest absolute Gasteiger partial charge is 0.349 e. The maximum atomic E-state index is 12.8. The molecule has 1 aromatic rings. The fraction of sp³-hybridized carbons (Fsp3) is 0.500. The van der Waals surface area contributed by atoms with Crippen LogP contribution in [0.3, 0.4) is 0 Å². The van der Waals surface area contributed by atoms with E-state index < -0.39 is 0 Å². The Morgan fingerprint density at radius 1 is 1.18 bits per heavy atom. The fourth-order valence-corrected chi connectivity index (χ4v) is 2.44. The molecule has 0 atom stereocenters. The van der Waals surface area contributed by atoms with E-state index in [1.807, 2.05) is 13.8 Å². The molecule has 3 amide bonds. The van der Waals surface area contributed by atoms with Gasteiger partial charge in [-0.3, -0.25) is 4.79 Å². The molecule has 1 aromatic carbocycles. The molecule has 0 saturated carbocycles. The molecule has 0 aromatic heterocycles. The second-order valence-electron chi connectivity index (χ2n) is 5.85. The second kappa shape index (κ2) is 7.24. The van der Waals surface area contributed by atoms with Crippen molar-refractivity contribution in [2.45, 2.75) is 38.8 Å². The molecule has 2 N–H and O–H groups in total. The lowest BCUT2D eigenvalue weighted by Crippen LogP contribution is -2.50. The third kappa shape index (κ3) is 4.44. The Balaban J connectivity index is 1.81. The predicted molar refractivity (Wildman–Crippen MR) is 82.1 cm³/mol. The van der Waals surface area contributed by atoms with Crippen molar-refractivity contribution in [2.24, 2.45) is 0 Å². The van der Waals surface area contributed by atoms with Crippen molar-refractivity contribution in [3.05, 3.63) is 35.6 Å². The highest BCUT2D eigenvalue weighted by Crippen LogP contribution is 2.12. The van der Waals surface area contributed by atoms with Gasteiger partial charge in [0.15, 0.2) is 0 Å². The van der Waals surface area contributed by atoms with E-state index in [1.165, 1.54) is 24.3 Å². The van der Waals surface area contributed by atoms with Crippen molar-refractivity contribution in [3.8, 4) is 0 Å². The van der Waals surface area contributed by atoms with Gasteiger partial charge >= 0.3 is 6.03 Å².